The molecule has 29 heavy (non-hydrogen) atoms. The molecule has 5 heteroatoms. The van der Waals surface area contributed by atoms with E-state index in [0.717, 1.165) is 48.4 Å². The van der Waals surface area contributed by atoms with Gasteiger partial charge in [0.05, 0.1) is 16.1 Å². The van der Waals surface area contributed by atoms with Gasteiger partial charge in [-0.15, -0.1) is 0 Å². The highest BCUT2D eigenvalue weighted by atomic mass is 35.5. The zero-order valence-corrected chi connectivity index (χ0v) is 18.2. The number of carbonyl (C=O) groups excluding carboxylic acids is 1. The highest BCUT2D eigenvalue weighted by molar-refractivity contribution is 6.35. The summed E-state index contributed by atoms with van der Waals surface area (Å²) in [5.41, 5.74) is 2.76. The Hall–Kier alpha value is -1.65. The van der Waals surface area contributed by atoms with E-state index in [-0.39, 0.29) is 5.91 Å². The molecule has 2 saturated carbocycles. The Morgan fingerprint density at radius 1 is 1.21 bits per heavy atom. The van der Waals surface area contributed by atoms with Crippen molar-refractivity contribution in [2.45, 2.75) is 57.8 Å². The molecule has 0 saturated heterocycles. The lowest BCUT2D eigenvalue weighted by Crippen LogP contribution is -2.43. The summed E-state index contributed by atoms with van der Waals surface area (Å²) in [4.78, 5) is 17.9. The highest BCUT2D eigenvalue weighted by Crippen LogP contribution is 2.48. The van der Waals surface area contributed by atoms with Gasteiger partial charge >= 0.3 is 0 Å². The minimum atomic E-state index is -0.0626. The molecule has 0 atom stereocenters. The molecular weight excluding hydrogens is 382 g/mol. The number of halogens is 1. The number of carbonyl (C=O) groups is 1. The molecule has 1 heterocycles. The van der Waals surface area contributed by atoms with Crippen LogP contribution in [0.3, 0.4) is 0 Å². The van der Waals surface area contributed by atoms with E-state index in [2.05, 4.69) is 10.6 Å². The Balaban J connectivity index is 1.51. The molecule has 4 nitrogen and oxygen atoms in total. The van der Waals surface area contributed by atoms with Crippen molar-refractivity contribution < 1.29 is 4.79 Å². The third-order valence-corrected chi connectivity index (χ3v) is 7.26. The van der Waals surface area contributed by atoms with E-state index in [1.165, 1.54) is 44.9 Å². The molecule has 156 valence electrons. The van der Waals surface area contributed by atoms with E-state index in [4.69, 9.17) is 16.6 Å². The van der Waals surface area contributed by atoms with Crippen molar-refractivity contribution in [1.82, 2.24) is 15.6 Å². The maximum absolute atomic E-state index is 13.1. The average Bonchev–Trinajstić information content (AvgIpc) is 2.72. The molecule has 1 aromatic carbocycles. The van der Waals surface area contributed by atoms with Crippen LogP contribution in [0.15, 0.2) is 24.3 Å². The van der Waals surface area contributed by atoms with E-state index < -0.39 is 0 Å². The van der Waals surface area contributed by atoms with Crippen LogP contribution in [0.1, 0.15) is 67.4 Å². The molecule has 1 amide bonds. The van der Waals surface area contributed by atoms with Crippen molar-refractivity contribution >= 4 is 28.4 Å². The number of aromatic nitrogens is 1. The zero-order valence-electron chi connectivity index (χ0n) is 17.4. The fourth-order valence-corrected chi connectivity index (χ4v) is 5.71. The van der Waals surface area contributed by atoms with Gasteiger partial charge in [0, 0.05) is 17.6 Å². The monoisotopic (exact) mass is 413 g/mol. The molecule has 2 bridgehead atoms. The molecular formula is C24H32ClN3O. The highest BCUT2D eigenvalue weighted by Gasteiger charge is 2.39. The van der Waals surface area contributed by atoms with Crippen molar-refractivity contribution in [3.05, 3.63) is 40.5 Å². The van der Waals surface area contributed by atoms with Gasteiger partial charge in [-0.25, -0.2) is 0 Å². The number of nitrogens with one attached hydrogen (secondary N) is 2. The van der Waals surface area contributed by atoms with Crippen LogP contribution in [0.5, 0.6) is 0 Å². The van der Waals surface area contributed by atoms with E-state index in [9.17, 15) is 4.79 Å². The number of aryl methyl sites for hydroxylation is 1. The Kier molecular flexibility index (Phi) is 6.41. The van der Waals surface area contributed by atoms with Crippen molar-refractivity contribution in [3.63, 3.8) is 0 Å². The largest absolute Gasteiger partial charge is 0.351 e. The van der Waals surface area contributed by atoms with Crippen LogP contribution in [0, 0.1) is 11.3 Å². The molecule has 2 aromatic rings. The Bertz CT molecular complexity index is 872. The van der Waals surface area contributed by atoms with Crippen LogP contribution in [0.25, 0.3) is 10.9 Å². The predicted molar refractivity (Wildman–Crippen MR) is 120 cm³/mol. The number of pyridine rings is 1. The van der Waals surface area contributed by atoms with Gasteiger partial charge in [0.25, 0.3) is 5.91 Å². The lowest BCUT2D eigenvalue weighted by molar-refractivity contribution is 0.0682. The molecule has 2 N–H and O–H groups in total. The predicted octanol–water partition coefficient (Wildman–Crippen LogP) is 5.13. The third-order valence-electron chi connectivity index (χ3n) is 6.95. The van der Waals surface area contributed by atoms with Crippen molar-refractivity contribution in [1.29, 1.82) is 0 Å². The van der Waals surface area contributed by atoms with Gasteiger partial charge in [0.1, 0.15) is 0 Å². The quantitative estimate of drug-likeness (QED) is 0.618. The SMILES string of the molecule is CNCCCc1ccc2c(C(=O)NCC34CCCC(CCC3)C4)c(Cl)ccc2n1. The van der Waals surface area contributed by atoms with Crippen molar-refractivity contribution in [2.75, 3.05) is 20.1 Å². The summed E-state index contributed by atoms with van der Waals surface area (Å²) in [7, 11) is 1.96. The number of hydrogen-bond acceptors (Lipinski definition) is 3. The Morgan fingerprint density at radius 2 is 2.00 bits per heavy atom. The molecule has 2 aliphatic rings. The van der Waals surface area contributed by atoms with Gasteiger partial charge in [-0.2, -0.15) is 0 Å². The molecule has 1 aromatic heterocycles. The van der Waals surface area contributed by atoms with Gasteiger partial charge in [0.2, 0.25) is 0 Å². The van der Waals surface area contributed by atoms with Crippen LogP contribution in [0.4, 0.5) is 0 Å². The van der Waals surface area contributed by atoms with Gasteiger partial charge in [-0.05, 0) is 75.2 Å². The number of rotatable bonds is 7. The van der Waals surface area contributed by atoms with Crippen LogP contribution in [-0.4, -0.2) is 31.0 Å². The molecule has 0 radical (unpaired) electrons. The summed E-state index contributed by atoms with van der Waals surface area (Å²) in [6.45, 7) is 1.74. The number of benzene rings is 1. The van der Waals surface area contributed by atoms with Crippen LogP contribution >= 0.6 is 11.6 Å². The van der Waals surface area contributed by atoms with Gasteiger partial charge in [0.15, 0.2) is 0 Å². The first-order valence-electron chi connectivity index (χ1n) is 11.1. The summed E-state index contributed by atoms with van der Waals surface area (Å²) < 4.78 is 0. The Morgan fingerprint density at radius 3 is 2.76 bits per heavy atom. The summed E-state index contributed by atoms with van der Waals surface area (Å²) >= 11 is 6.47. The molecule has 0 spiro atoms. The topological polar surface area (TPSA) is 54.0 Å². The number of fused-ring (bicyclic) bond motifs is 3. The fourth-order valence-electron chi connectivity index (χ4n) is 5.46. The first-order chi connectivity index (χ1) is 14.1. The van der Waals surface area contributed by atoms with Crippen LogP contribution < -0.4 is 10.6 Å². The molecule has 0 unspecified atom stereocenters. The standard InChI is InChI=1S/C24H32ClN3O/c1-26-14-4-7-18-8-9-19-21(28-18)11-10-20(25)22(19)23(29)27-16-24-12-2-5-17(15-24)6-3-13-24/h8-11,17,26H,2-7,12-16H2,1H3,(H,27,29). The van der Waals surface area contributed by atoms with Crippen LogP contribution in [0.2, 0.25) is 5.02 Å². The minimum absolute atomic E-state index is 0.0626. The minimum Gasteiger partial charge on any atom is -0.351 e. The fraction of sp³-hybridized carbons (Fsp3) is 0.583. The third kappa shape index (κ3) is 4.59. The summed E-state index contributed by atoms with van der Waals surface area (Å²) in [6.07, 6.45) is 11.1. The summed E-state index contributed by atoms with van der Waals surface area (Å²) in [5.74, 6) is 0.800. The first-order valence-corrected chi connectivity index (χ1v) is 11.5. The second-order valence-electron chi connectivity index (χ2n) is 9.04. The zero-order chi connectivity index (χ0) is 20.3. The van der Waals surface area contributed by atoms with Gasteiger partial charge < -0.3 is 10.6 Å². The van der Waals surface area contributed by atoms with Gasteiger partial charge in [-0.1, -0.05) is 43.4 Å². The van der Waals surface area contributed by atoms with E-state index >= 15 is 0 Å². The van der Waals surface area contributed by atoms with E-state index in [1.807, 2.05) is 25.2 Å². The molecule has 4 rings (SSSR count). The molecule has 0 aliphatic heterocycles. The molecule has 2 fully saturated rings. The summed E-state index contributed by atoms with van der Waals surface area (Å²) in [5, 5.41) is 7.75. The number of amides is 1. The first kappa shape index (κ1) is 20.6. The summed E-state index contributed by atoms with van der Waals surface area (Å²) in [6, 6.07) is 7.75. The van der Waals surface area contributed by atoms with Gasteiger partial charge in [-0.3, -0.25) is 9.78 Å². The number of nitrogens with zero attached hydrogens (tertiary/aromatic N) is 1. The van der Waals surface area contributed by atoms with Crippen molar-refractivity contribution in [2.24, 2.45) is 11.3 Å². The smallest absolute Gasteiger partial charge is 0.253 e. The molecule has 2 aliphatic carbocycles. The number of hydrogen-bond donors (Lipinski definition) is 2. The maximum Gasteiger partial charge on any atom is 0.253 e. The lowest BCUT2D eigenvalue weighted by atomic mass is 9.62. The van der Waals surface area contributed by atoms with E-state index in [1.54, 1.807) is 6.07 Å². The van der Waals surface area contributed by atoms with Crippen LogP contribution in [-0.2, 0) is 6.42 Å². The van der Waals surface area contributed by atoms with Crippen molar-refractivity contribution in [3.8, 4) is 0 Å². The Labute approximate surface area is 178 Å². The average molecular weight is 414 g/mol. The lowest BCUT2D eigenvalue weighted by Gasteiger charge is -2.45. The second-order valence-corrected chi connectivity index (χ2v) is 9.44. The normalized spacial score (nSPS) is 23.9. The maximum atomic E-state index is 13.1. The van der Waals surface area contributed by atoms with E-state index in [0.29, 0.717) is 16.0 Å². The second kappa shape index (κ2) is 9.01.